The molecule has 0 aliphatic rings. The summed E-state index contributed by atoms with van der Waals surface area (Å²) in [7, 11) is 0. The van der Waals surface area contributed by atoms with Gasteiger partial charge in [0.2, 0.25) is 5.91 Å². The third-order valence-electron chi connectivity index (χ3n) is 6.02. The molecule has 1 amide bonds. The fourth-order valence-corrected chi connectivity index (χ4v) is 4.82. The molecule has 0 saturated carbocycles. The van der Waals surface area contributed by atoms with Gasteiger partial charge in [0, 0.05) is 34.0 Å². The molecular weight excluding hydrogens is 456 g/mol. The van der Waals surface area contributed by atoms with Gasteiger partial charge in [-0.15, -0.1) is 0 Å². The van der Waals surface area contributed by atoms with E-state index in [4.69, 9.17) is 0 Å². The SMILES string of the molecule is CC(C)C(=O)Nc1cncc(-c2cc3c(-c4cc5c(-c6ccsc6)cccc5[nH]4)n[nH]c3cn2)c1. The molecule has 0 unspecified atom stereocenters. The summed E-state index contributed by atoms with van der Waals surface area (Å²) >= 11 is 1.69. The van der Waals surface area contributed by atoms with Gasteiger partial charge >= 0.3 is 0 Å². The maximum Gasteiger partial charge on any atom is 0.226 e. The van der Waals surface area contributed by atoms with Gasteiger partial charge < -0.3 is 10.3 Å². The van der Waals surface area contributed by atoms with Gasteiger partial charge in [-0.1, -0.05) is 26.0 Å². The van der Waals surface area contributed by atoms with Crippen molar-refractivity contribution in [2.75, 3.05) is 5.32 Å². The maximum absolute atomic E-state index is 12.1. The predicted molar refractivity (Wildman–Crippen MR) is 141 cm³/mol. The van der Waals surface area contributed by atoms with Gasteiger partial charge in [-0.05, 0) is 52.2 Å². The molecule has 0 spiro atoms. The van der Waals surface area contributed by atoms with Crippen molar-refractivity contribution in [1.29, 1.82) is 0 Å². The van der Waals surface area contributed by atoms with Crippen LogP contribution in [-0.2, 0) is 4.79 Å². The van der Waals surface area contributed by atoms with Crippen LogP contribution in [0.2, 0.25) is 0 Å². The highest BCUT2D eigenvalue weighted by Gasteiger charge is 2.15. The van der Waals surface area contributed by atoms with Gasteiger partial charge in [0.05, 0.1) is 35.0 Å². The lowest BCUT2D eigenvalue weighted by molar-refractivity contribution is -0.118. The van der Waals surface area contributed by atoms with Gasteiger partial charge in [0.25, 0.3) is 0 Å². The second kappa shape index (κ2) is 8.48. The van der Waals surface area contributed by atoms with Gasteiger partial charge in [-0.25, -0.2) is 0 Å². The number of aromatic nitrogens is 5. The van der Waals surface area contributed by atoms with Crippen LogP contribution in [0.15, 0.2) is 71.8 Å². The fraction of sp³-hybridized carbons (Fsp3) is 0.111. The maximum atomic E-state index is 12.1. The first kappa shape index (κ1) is 21.2. The van der Waals surface area contributed by atoms with E-state index in [1.54, 1.807) is 29.9 Å². The van der Waals surface area contributed by atoms with Crippen molar-refractivity contribution < 1.29 is 4.79 Å². The molecule has 3 N–H and O–H groups in total. The Hall–Kier alpha value is -4.30. The molecule has 0 aliphatic carbocycles. The molecule has 5 aromatic heterocycles. The molecule has 6 aromatic rings. The molecule has 35 heavy (non-hydrogen) atoms. The number of carbonyl (C=O) groups is 1. The number of aromatic amines is 2. The first-order valence-corrected chi connectivity index (χ1v) is 12.3. The van der Waals surface area contributed by atoms with E-state index in [-0.39, 0.29) is 11.8 Å². The molecule has 6 rings (SSSR count). The number of nitrogens with zero attached hydrogens (tertiary/aromatic N) is 3. The Bertz CT molecular complexity index is 1680. The van der Waals surface area contributed by atoms with E-state index < -0.39 is 0 Å². The van der Waals surface area contributed by atoms with Crippen LogP contribution in [0.25, 0.3) is 55.6 Å². The summed E-state index contributed by atoms with van der Waals surface area (Å²) in [6.07, 6.45) is 5.16. The van der Waals surface area contributed by atoms with Crippen LogP contribution < -0.4 is 5.32 Å². The number of nitrogens with one attached hydrogen (secondary N) is 3. The predicted octanol–water partition coefficient (Wildman–Crippen LogP) is 6.49. The lowest BCUT2D eigenvalue weighted by Crippen LogP contribution is -2.17. The Labute approximate surface area is 205 Å². The van der Waals surface area contributed by atoms with Crippen molar-refractivity contribution >= 4 is 44.7 Å². The zero-order chi connectivity index (χ0) is 23.9. The topological polar surface area (TPSA) is 99.4 Å². The summed E-state index contributed by atoms with van der Waals surface area (Å²) in [6.45, 7) is 3.71. The molecule has 1 aromatic carbocycles. The first-order valence-electron chi connectivity index (χ1n) is 11.3. The largest absolute Gasteiger partial charge is 0.353 e. The molecule has 0 aliphatic heterocycles. The Morgan fingerprint density at radius 3 is 2.74 bits per heavy atom. The normalized spacial score (nSPS) is 11.5. The second-order valence-corrected chi connectivity index (χ2v) is 9.54. The van der Waals surface area contributed by atoms with Crippen molar-refractivity contribution in [3.05, 3.63) is 71.8 Å². The zero-order valence-electron chi connectivity index (χ0n) is 19.2. The van der Waals surface area contributed by atoms with Gasteiger partial charge in [-0.3, -0.25) is 19.9 Å². The molecule has 172 valence electrons. The molecule has 0 radical (unpaired) electrons. The lowest BCUT2D eigenvalue weighted by atomic mass is 10.0. The number of amides is 1. The van der Waals surface area contributed by atoms with Crippen LogP contribution in [0.5, 0.6) is 0 Å². The third kappa shape index (κ3) is 3.87. The Morgan fingerprint density at radius 2 is 1.91 bits per heavy atom. The second-order valence-electron chi connectivity index (χ2n) is 8.76. The standard InChI is InChI=1S/C27H22N6OS/c1-15(2)27(34)30-18-8-17(11-28-12-18)23-10-21-25(13-29-23)32-33-26(21)24-9-20-19(16-6-7-35-14-16)4-3-5-22(20)31-24/h3-15,31H,1-2H3,(H,30,34)(H,32,33). The molecule has 0 bridgehead atoms. The van der Waals surface area contributed by atoms with Crippen LogP contribution in [0, 0.1) is 5.92 Å². The van der Waals surface area contributed by atoms with Crippen LogP contribution in [0.1, 0.15) is 13.8 Å². The minimum absolute atomic E-state index is 0.0508. The number of hydrogen-bond acceptors (Lipinski definition) is 5. The minimum atomic E-state index is -0.113. The number of H-pyrrole nitrogens is 2. The number of thiophene rings is 1. The number of carbonyl (C=O) groups excluding carboxylic acids is 1. The average molecular weight is 479 g/mol. The molecule has 5 heterocycles. The molecule has 0 saturated heterocycles. The quantitative estimate of drug-likeness (QED) is 0.264. The number of anilines is 1. The van der Waals surface area contributed by atoms with E-state index in [0.29, 0.717) is 5.69 Å². The lowest BCUT2D eigenvalue weighted by Gasteiger charge is -2.08. The van der Waals surface area contributed by atoms with Crippen LogP contribution >= 0.6 is 11.3 Å². The van der Waals surface area contributed by atoms with Gasteiger partial charge in [-0.2, -0.15) is 16.4 Å². The van der Waals surface area contributed by atoms with Gasteiger partial charge in [0.1, 0.15) is 5.69 Å². The van der Waals surface area contributed by atoms with Gasteiger partial charge in [0.15, 0.2) is 0 Å². The van der Waals surface area contributed by atoms with E-state index in [0.717, 1.165) is 44.5 Å². The Balaban J connectivity index is 1.41. The number of rotatable bonds is 5. The van der Waals surface area contributed by atoms with Crippen molar-refractivity contribution in [3.8, 4) is 33.8 Å². The molecule has 7 nitrogen and oxygen atoms in total. The van der Waals surface area contributed by atoms with E-state index in [9.17, 15) is 4.79 Å². The summed E-state index contributed by atoms with van der Waals surface area (Å²) in [5.74, 6) is -0.164. The van der Waals surface area contributed by atoms with Crippen molar-refractivity contribution in [2.45, 2.75) is 13.8 Å². The summed E-state index contributed by atoms with van der Waals surface area (Å²) in [6, 6.07) is 14.5. The Morgan fingerprint density at radius 1 is 1.00 bits per heavy atom. The minimum Gasteiger partial charge on any atom is -0.353 e. The molecule has 0 fully saturated rings. The summed E-state index contributed by atoms with van der Waals surface area (Å²) in [5.41, 5.74) is 8.29. The van der Waals surface area contributed by atoms with Crippen LogP contribution in [0.3, 0.4) is 0 Å². The highest BCUT2D eigenvalue weighted by Crippen LogP contribution is 2.35. The smallest absolute Gasteiger partial charge is 0.226 e. The zero-order valence-corrected chi connectivity index (χ0v) is 20.0. The summed E-state index contributed by atoms with van der Waals surface area (Å²) < 4.78 is 0. The van der Waals surface area contributed by atoms with E-state index >= 15 is 0 Å². The highest BCUT2D eigenvalue weighted by atomic mass is 32.1. The first-order chi connectivity index (χ1) is 17.1. The number of benzene rings is 1. The molecule has 8 heteroatoms. The monoisotopic (exact) mass is 478 g/mol. The molecular formula is C27H22N6OS. The number of hydrogen-bond donors (Lipinski definition) is 3. The third-order valence-corrected chi connectivity index (χ3v) is 6.71. The number of fused-ring (bicyclic) bond motifs is 2. The molecule has 0 atom stereocenters. The highest BCUT2D eigenvalue weighted by molar-refractivity contribution is 7.08. The van der Waals surface area contributed by atoms with E-state index in [1.165, 1.54) is 11.1 Å². The number of pyridine rings is 2. The summed E-state index contributed by atoms with van der Waals surface area (Å²) in [5, 5.41) is 17.0. The fourth-order valence-electron chi connectivity index (χ4n) is 4.17. The van der Waals surface area contributed by atoms with E-state index in [1.807, 2.05) is 26.0 Å². The van der Waals surface area contributed by atoms with Crippen molar-refractivity contribution in [1.82, 2.24) is 25.1 Å². The Kier molecular flexibility index (Phi) is 5.15. The van der Waals surface area contributed by atoms with Crippen molar-refractivity contribution in [3.63, 3.8) is 0 Å². The summed E-state index contributed by atoms with van der Waals surface area (Å²) in [4.78, 5) is 24.5. The van der Waals surface area contributed by atoms with Crippen molar-refractivity contribution in [2.24, 2.45) is 5.92 Å². The van der Waals surface area contributed by atoms with E-state index in [2.05, 4.69) is 71.6 Å². The van der Waals surface area contributed by atoms with Crippen LogP contribution in [-0.4, -0.2) is 31.1 Å². The average Bonchev–Trinajstić information content (AvgIpc) is 3.62. The van der Waals surface area contributed by atoms with Crippen LogP contribution in [0.4, 0.5) is 5.69 Å².